The average Bonchev–Trinajstić information content (AvgIpc) is 2.52. The molecule has 0 saturated carbocycles. The highest BCUT2D eigenvalue weighted by molar-refractivity contribution is 7.92. The summed E-state index contributed by atoms with van der Waals surface area (Å²) in [5.74, 6) is -0.668. The van der Waals surface area contributed by atoms with Crippen molar-refractivity contribution in [3.05, 3.63) is 59.7 Å². The minimum absolute atomic E-state index is 0.140. The maximum absolute atomic E-state index is 12.6. The lowest BCUT2D eigenvalue weighted by Crippen LogP contribution is -2.37. The molecule has 26 heavy (non-hydrogen) atoms. The number of hydrogen-bond acceptors (Lipinski definition) is 3. The van der Waals surface area contributed by atoms with Crippen LogP contribution in [0.5, 0.6) is 0 Å². The Balaban J connectivity index is 2.17. The third-order valence-corrected chi connectivity index (χ3v) is 4.69. The van der Waals surface area contributed by atoms with Crippen LogP contribution >= 0.6 is 0 Å². The summed E-state index contributed by atoms with van der Waals surface area (Å²) < 4.78 is 62.7. The number of aryl methyl sites for hydroxylation is 1. The molecular formula is C17H17F3N2O3S. The number of nitrogens with one attached hydrogen (secondary N) is 1. The van der Waals surface area contributed by atoms with Crippen LogP contribution in [0.2, 0.25) is 0 Å². The van der Waals surface area contributed by atoms with Crippen molar-refractivity contribution < 1.29 is 26.4 Å². The molecule has 0 bridgehead atoms. The molecule has 0 unspecified atom stereocenters. The number of nitrogens with zero attached hydrogens (tertiary/aromatic N) is 1. The van der Waals surface area contributed by atoms with Crippen LogP contribution in [0.25, 0.3) is 0 Å². The number of carbonyl (C=O) groups is 1. The molecule has 0 atom stereocenters. The van der Waals surface area contributed by atoms with Crippen LogP contribution in [-0.2, 0) is 21.0 Å². The molecule has 0 fully saturated rings. The summed E-state index contributed by atoms with van der Waals surface area (Å²) >= 11 is 0. The smallest absolute Gasteiger partial charge is 0.325 e. The van der Waals surface area contributed by atoms with Crippen molar-refractivity contribution in [2.24, 2.45) is 0 Å². The van der Waals surface area contributed by atoms with Gasteiger partial charge in [0.1, 0.15) is 6.54 Å². The van der Waals surface area contributed by atoms with Crippen molar-refractivity contribution in [1.29, 1.82) is 0 Å². The summed E-state index contributed by atoms with van der Waals surface area (Å²) in [6, 6.07) is 10.6. The van der Waals surface area contributed by atoms with Gasteiger partial charge < -0.3 is 5.32 Å². The Bertz CT molecular complexity index is 894. The monoisotopic (exact) mass is 386 g/mol. The van der Waals surface area contributed by atoms with Crippen molar-refractivity contribution in [2.75, 3.05) is 22.4 Å². The maximum atomic E-state index is 12.6. The molecule has 140 valence electrons. The first-order valence-electron chi connectivity index (χ1n) is 7.49. The van der Waals surface area contributed by atoms with Crippen molar-refractivity contribution >= 4 is 27.3 Å². The lowest BCUT2D eigenvalue weighted by Gasteiger charge is -2.23. The van der Waals surface area contributed by atoms with Gasteiger partial charge >= 0.3 is 6.18 Å². The third kappa shape index (κ3) is 4.98. The number of carbonyl (C=O) groups excluding carboxylic acids is 1. The van der Waals surface area contributed by atoms with Crippen LogP contribution < -0.4 is 9.62 Å². The van der Waals surface area contributed by atoms with E-state index in [1.165, 1.54) is 0 Å². The van der Waals surface area contributed by atoms with Gasteiger partial charge in [-0.1, -0.05) is 18.2 Å². The van der Waals surface area contributed by atoms with Crippen LogP contribution in [0.15, 0.2) is 48.5 Å². The Labute approximate surface area is 149 Å². The Morgan fingerprint density at radius 1 is 1.08 bits per heavy atom. The summed E-state index contributed by atoms with van der Waals surface area (Å²) in [6.45, 7) is 1.21. The van der Waals surface area contributed by atoms with E-state index in [0.717, 1.165) is 34.8 Å². The molecule has 2 rings (SSSR count). The number of alkyl halides is 3. The molecule has 0 radical (unpaired) electrons. The largest absolute Gasteiger partial charge is 0.416 e. The number of para-hydroxylation sites is 1. The number of hydrogen-bond donors (Lipinski definition) is 1. The fraction of sp³-hybridized carbons (Fsp3) is 0.235. The Hall–Kier alpha value is -2.55. The zero-order valence-corrected chi connectivity index (χ0v) is 14.9. The Morgan fingerprint density at radius 2 is 1.65 bits per heavy atom. The molecule has 0 aromatic heterocycles. The van der Waals surface area contributed by atoms with Gasteiger partial charge in [-0.05, 0) is 42.8 Å². The molecule has 9 heteroatoms. The predicted octanol–water partition coefficient (Wildman–Crippen LogP) is 3.42. The third-order valence-electron chi connectivity index (χ3n) is 3.57. The van der Waals surface area contributed by atoms with E-state index in [1.807, 2.05) is 0 Å². The van der Waals surface area contributed by atoms with Gasteiger partial charge in [0.05, 0.1) is 17.5 Å². The summed E-state index contributed by atoms with van der Waals surface area (Å²) in [4.78, 5) is 12.2. The van der Waals surface area contributed by atoms with E-state index in [0.29, 0.717) is 11.3 Å². The highest BCUT2D eigenvalue weighted by Crippen LogP contribution is 2.30. The maximum Gasteiger partial charge on any atom is 0.416 e. The highest BCUT2D eigenvalue weighted by Gasteiger charge is 2.30. The lowest BCUT2D eigenvalue weighted by atomic mass is 10.2. The van der Waals surface area contributed by atoms with Crippen LogP contribution in [0.3, 0.4) is 0 Å². The minimum Gasteiger partial charge on any atom is -0.325 e. The van der Waals surface area contributed by atoms with Crippen LogP contribution in [-0.4, -0.2) is 27.1 Å². The SMILES string of the molecule is Cc1ccccc1N(CC(=O)Nc1ccc(C(F)(F)F)cc1)S(C)(=O)=O. The van der Waals surface area contributed by atoms with Crippen molar-refractivity contribution in [3.63, 3.8) is 0 Å². The molecule has 0 saturated heterocycles. The van der Waals surface area contributed by atoms with Crippen LogP contribution in [0.4, 0.5) is 24.5 Å². The van der Waals surface area contributed by atoms with E-state index in [4.69, 9.17) is 0 Å². The van der Waals surface area contributed by atoms with Gasteiger partial charge in [0.15, 0.2) is 0 Å². The average molecular weight is 386 g/mol. The van der Waals surface area contributed by atoms with E-state index in [9.17, 15) is 26.4 Å². The standard InChI is InChI=1S/C17H17F3N2O3S/c1-12-5-3-4-6-15(12)22(26(2,24)25)11-16(23)21-14-9-7-13(8-10-14)17(18,19)20/h3-10H,11H2,1-2H3,(H,21,23). The molecule has 2 aromatic rings. The van der Waals surface area contributed by atoms with Crippen molar-refractivity contribution in [3.8, 4) is 0 Å². The first-order chi connectivity index (χ1) is 12.0. The highest BCUT2D eigenvalue weighted by atomic mass is 32.2. The number of halogens is 3. The van der Waals surface area contributed by atoms with E-state index < -0.39 is 34.2 Å². The van der Waals surface area contributed by atoms with Crippen LogP contribution in [0, 0.1) is 6.92 Å². The van der Waals surface area contributed by atoms with Gasteiger partial charge in [0, 0.05) is 5.69 Å². The van der Waals surface area contributed by atoms with Crippen LogP contribution in [0.1, 0.15) is 11.1 Å². The fourth-order valence-electron chi connectivity index (χ4n) is 2.30. The second-order valence-corrected chi connectivity index (χ2v) is 7.59. The lowest BCUT2D eigenvalue weighted by molar-refractivity contribution is -0.137. The quantitative estimate of drug-likeness (QED) is 0.856. The molecule has 0 spiro atoms. The first-order valence-corrected chi connectivity index (χ1v) is 9.34. The normalized spacial score (nSPS) is 11.9. The van der Waals surface area contributed by atoms with Gasteiger partial charge in [0.2, 0.25) is 15.9 Å². The molecule has 5 nitrogen and oxygen atoms in total. The zero-order valence-electron chi connectivity index (χ0n) is 14.0. The van der Waals surface area contributed by atoms with Gasteiger partial charge in [-0.25, -0.2) is 8.42 Å². The van der Waals surface area contributed by atoms with E-state index in [2.05, 4.69) is 5.32 Å². The summed E-state index contributed by atoms with van der Waals surface area (Å²) in [5.41, 5.74) is 0.326. The molecule has 0 aliphatic carbocycles. The minimum atomic E-state index is -4.47. The Morgan fingerprint density at radius 3 is 2.15 bits per heavy atom. The summed E-state index contributed by atoms with van der Waals surface area (Å²) in [7, 11) is -3.73. The van der Waals surface area contributed by atoms with Gasteiger partial charge in [0.25, 0.3) is 0 Å². The van der Waals surface area contributed by atoms with E-state index >= 15 is 0 Å². The zero-order chi connectivity index (χ0) is 19.5. The number of sulfonamides is 1. The van der Waals surface area contributed by atoms with E-state index in [-0.39, 0.29) is 5.69 Å². The van der Waals surface area contributed by atoms with Crippen molar-refractivity contribution in [2.45, 2.75) is 13.1 Å². The molecule has 0 heterocycles. The number of amides is 1. The predicted molar refractivity (Wildman–Crippen MR) is 93.4 cm³/mol. The van der Waals surface area contributed by atoms with Gasteiger partial charge in [-0.3, -0.25) is 9.10 Å². The molecule has 1 amide bonds. The molecule has 0 aliphatic rings. The topological polar surface area (TPSA) is 66.5 Å². The fourth-order valence-corrected chi connectivity index (χ4v) is 3.21. The summed E-state index contributed by atoms with van der Waals surface area (Å²) in [6.07, 6.45) is -3.49. The number of anilines is 2. The number of rotatable bonds is 5. The molecule has 2 aromatic carbocycles. The second kappa shape index (κ2) is 7.36. The van der Waals surface area contributed by atoms with Gasteiger partial charge in [-0.2, -0.15) is 13.2 Å². The molecule has 0 aliphatic heterocycles. The molecule has 1 N–H and O–H groups in total. The second-order valence-electron chi connectivity index (χ2n) is 5.68. The Kier molecular flexibility index (Phi) is 5.60. The summed E-state index contributed by atoms with van der Waals surface area (Å²) in [5, 5.41) is 2.40. The van der Waals surface area contributed by atoms with Gasteiger partial charge in [-0.15, -0.1) is 0 Å². The first kappa shape index (κ1) is 19.8. The van der Waals surface area contributed by atoms with Crippen molar-refractivity contribution in [1.82, 2.24) is 0 Å². The molecular weight excluding hydrogens is 369 g/mol. The number of benzene rings is 2. The van der Waals surface area contributed by atoms with E-state index in [1.54, 1.807) is 31.2 Å².